The number of aromatic nitrogens is 1. The van der Waals surface area contributed by atoms with E-state index in [1.807, 2.05) is 49.5 Å². The van der Waals surface area contributed by atoms with Gasteiger partial charge in [-0.25, -0.2) is 4.39 Å². The molecule has 3 aromatic rings. The van der Waals surface area contributed by atoms with Gasteiger partial charge in [0, 0.05) is 38.1 Å². The van der Waals surface area contributed by atoms with E-state index in [4.69, 9.17) is 4.74 Å². The Morgan fingerprint density at radius 2 is 1.90 bits per heavy atom. The van der Waals surface area contributed by atoms with Crippen molar-refractivity contribution in [2.24, 2.45) is 0 Å². The third kappa shape index (κ3) is 6.31. The maximum Gasteiger partial charge on any atom is 0.123 e. The first-order chi connectivity index (χ1) is 14.5. The molecule has 0 aliphatic heterocycles. The molecule has 0 spiro atoms. The molecule has 0 aliphatic carbocycles. The van der Waals surface area contributed by atoms with Crippen molar-refractivity contribution in [3.05, 3.63) is 102 Å². The maximum absolute atomic E-state index is 13.2. The minimum Gasteiger partial charge on any atom is -0.491 e. The minimum atomic E-state index is -0.620. The highest BCUT2D eigenvalue weighted by Crippen LogP contribution is 2.17. The average Bonchev–Trinajstić information content (AvgIpc) is 3.16. The fourth-order valence-corrected chi connectivity index (χ4v) is 3.40. The lowest BCUT2D eigenvalue weighted by Crippen LogP contribution is -2.36. The fourth-order valence-electron chi connectivity index (χ4n) is 3.40. The maximum atomic E-state index is 13.2. The molecule has 30 heavy (non-hydrogen) atoms. The van der Waals surface area contributed by atoms with Gasteiger partial charge in [0.2, 0.25) is 0 Å². The van der Waals surface area contributed by atoms with Crippen LogP contribution in [0.3, 0.4) is 0 Å². The zero-order valence-electron chi connectivity index (χ0n) is 17.4. The summed E-state index contributed by atoms with van der Waals surface area (Å²) in [7, 11) is 0. The third-order valence-electron chi connectivity index (χ3n) is 4.96. The number of para-hydroxylation sites is 1. The standard InChI is InChI=1S/C25H29FN2O2/c1-3-14-27(18-24(29)19-30-25-9-5-4-7-20(25)2)17-23-8-6-15-28(23)16-21-10-12-22(26)13-11-21/h3-13,15,24,29H,1,14,16-19H2,2H3. The van der Waals surface area contributed by atoms with Crippen LogP contribution in [0.4, 0.5) is 4.39 Å². The number of nitrogens with zero attached hydrogens (tertiary/aromatic N) is 2. The van der Waals surface area contributed by atoms with Crippen LogP contribution in [0.15, 0.2) is 79.5 Å². The lowest BCUT2D eigenvalue weighted by Gasteiger charge is -2.25. The molecule has 1 N–H and O–H groups in total. The Labute approximate surface area is 177 Å². The Morgan fingerprint density at radius 3 is 2.63 bits per heavy atom. The predicted molar refractivity (Wildman–Crippen MR) is 118 cm³/mol. The summed E-state index contributed by atoms with van der Waals surface area (Å²) in [6.07, 6.45) is 3.23. The number of halogens is 1. The predicted octanol–water partition coefficient (Wildman–Crippen LogP) is 4.41. The Kier molecular flexibility index (Phi) is 7.82. The summed E-state index contributed by atoms with van der Waals surface area (Å²) in [5, 5.41) is 10.5. The first-order valence-electron chi connectivity index (χ1n) is 10.1. The Balaban J connectivity index is 1.59. The summed E-state index contributed by atoms with van der Waals surface area (Å²) in [6, 6.07) is 18.4. The first kappa shape index (κ1) is 21.8. The Bertz CT molecular complexity index is 936. The summed E-state index contributed by atoms with van der Waals surface area (Å²) < 4.78 is 21.1. The van der Waals surface area contributed by atoms with E-state index in [1.54, 1.807) is 12.1 Å². The highest BCUT2D eigenvalue weighted by molar-refractivity contribution is 5.31. The number of aliphatic hydroxyl groups is 1. The van der Waals surface area contributed by atoms with Crippen LogP contribution < -0.4 is 4.74 Å². The van der Waals surface area contributed by atoms with Crippen LogP contribution in [0, 0.1) is 12.7 Å². The number of aryl methyl sites for hydroxylation is 1. The van der Waals surface area contributed by atoms with Crippen LogP contribution in [-0.4, -0.2) is 40.4 Å². The van der Waals surface area contributed by atoms with E-state index in [2.05, 4.69) is 22.1 Å². The summed E-state index contributed by atoms with van der Waals surface area (Å²) in [5.74, 6) is 0.561. The summed E-state index contributed by atoms with van der Waals surface area (Å²) in [4.78, 5) is 2.13. The molecule has 1 atom stereocenters. The average molecular weight is 409 g/mol. The van der Waals surface area contributed by atoms with Gasteiger partial charge in [-0.3, -0.25) is 4.90 Å². The largest absolute Gasteiger partial charge is 0.491 e. The van der Waals surface area contributed by atoms with Gasteiger partial charge in [0.05, 0.1) is 0 Å². The van der Waals surface area contributed by atoms with Gasteiger partial charge in [-0.05, 0) is 48.4 Å². The Morgan fingerprint density at radius 1 is 1.13 bits per heavy atom. The quantitative estimate of drug-likeness (QED) is 0.478. The molecular formula is C25H29FN2O2. The molecule has 0 amide bonds. The molecule has 5 heteroatoms. The van der Waals surface area contributed by atoms with Gasteiger partial charge in [-0.1, -0.05) is 36.4 Å². The second kappa shape index (κ2) is 10.8. The molecular weight excluding hydrogens is 379 g/mol. The van der Waals surface area contributed by atoms with E-state index >= 15 is 0 Å². The molecule has 0 saturated heterocycles. The van der Waals surface area contributed by atoms with Gasteiger partial charge in [-0.15, -0.1) is 6.58 Å². The van der Waals surface area contributed by atoms with Gasteiger partial charge in [0.25, 0.3) is 0 Å². The SMILES string of the molecule is C=CCN(Cc1cccn1Cc1ccc(F)cc1)CC(O)COc1ccccc1C. The van der Waals surface area contributed by atoms with Gasteiger partial charge < -0.3 is 14.4 Å². The van der Waals surface area contributed by atoms with Gasteiger partial charge >= 0.3 is 0 Å². The molecule has 2 aromatic carbocycles. The highest BCUT2D eigenvalue weighted by Gasteiger charge is 2.14. The van der Waals surface area contributed by atoms with E-state index < -0.39 is 6.10 Å². The first-order valence-corrected chi connectivity index (χ1v) is 10.1. The summed E-state index contributed by atoms with van der Waals surface area (Å²) >= 11 is 0. The Hall–Kier alpha value is -2.89. The van der Waals surface area contributed by atoms with Crippen molar-refractivity contribution in [2.75, 3.05) is 19.7 Å². The number of hydrogen-bond donors (Lipinski definition) is 1. The molecule has 0 saturated carbocycles. The molecule has 0 aliphatic rings. The zero-order chi connectivity index (χ0) is 21.3. The van der Waals surface area contributed by atoms with Crippen molar-refractivity contribution in [2.45, 2.75) is 26.1 Å². The van der Waals surface area contributed by atoms with Gasteiger partial charge in [-0.2, -0.15) is 0 Å². The molecule has 0 bridgehead atoms. The summed E-state index contributed by atoms with van der Waals surface area (Å²) in [6.45, 7) is 8.53. The molecule has 0 fully saturated rings. The fraction of sp³-hybridized carbons (Fsp3) is 0.280. The van der Waals surface area contributed by atoms with Crippen molar-refractivity contribution < 1.29 is 14.2 Å². The van der Waals surface area contributed by atoms with Crippen LogP contribution in [0.2, 0.25) is 0 Å². The molecule has 3 rings (SSSR count). The monoisotopic (exact) mass is 408 g/mol. The summed E-state index contributed by atoms with van der Waals surface area (Å²) in [5.41, 5.74) is 3.20. The molecule has 158 valence electrons. The smallest absolute Gasteiger partial charge is 0.123 e. The van der Waals surface area contributed by atoms with Crippen molar-refractivity contribution in [3.63, 3.8) is 0 Å². The lowest BCUT2D eigenvalue weighted by atomic mass is 10.2. The van der Waals surface area contributed by atoms with Gasteiger partial charge in [0.1, 0.15) is 24.3 Å². The number of hydrogen-bond acceptors (Lipinski definition) is 3. The molecule has 1 heterocycles. The second-order valence-corrected chi connectivity index (χ2v) is 7.47. The number of rotatable bonds is 11. The van der Waals surface area contributed by atoms with Crippen LogP contribution in [0.1, 0.15) is 16.8 Å². The van der Waals surface area contributed by atoms with Crippen LogP contribution in [0.25, 0.3) is 0 Å². The molecule has 1 aromatic heterocycles. The zero-order valence-corrected chi connectivity index (χ0v) is 17.4. The van der Waals surface area contributed by atoms with E-state index in [0.717, 1.165) is 22.6 Å². The lowest BCUT2D eigenvalue weighted by molar-refractivity contribution is 0.0687. The normalized spacial score (nSPS) is 12.1. The van der Waals surface area contributed by atoms with Crippen LogP contribution >= 0.6 is 0 Å². The van der Waals surface area contributed by atoms with Crippen LogP contribution in [0.5, 0.6) is 5.75 Å². The topological polar surface area (TPSA) is 37.6 Å². The molecule has 4 nitrogen and oxygen atoms in total. The van der Waals surface area contributed by atoms with Crippen molar-refractivity contribution >= 4 is 0 Å². The van der Waals surface area contributed by atoms with Crippen molar-refractivity contribution in [1.82, 2.24) is 9.47 Å². The van der Waals surface area contributed by atoms with E-state index in [1.165, 1.54) is 12.1 Å². The number of benzene rings is 2. The number of ether oxygens (including phenoxy) is 1. The second-order valence-electron chi connectivity index (χ2n) is 7.47. The van der Waals surface area contributed by atoms with Crippen molar-refractivity contribution in [3.8, 4) is 5.75 Å². The third-order valence-corrected chi connectivity index (χ3v) is 4.96. The van der Waals surface area contributed by atoms with Crippen LogP contribution in [-0.2, 0) is 13.1 Å². The van der Waals surface area contributed by atoms with Gasteiger partial charge in [0.15, 0.2) is 0 Å². The van der Waals surface area contributed by atoms with E-state index in [-0.39, 0.29) is 12.4 Å². The highest BCUT2D eigenvalue weighted by atomic mass is 19.1. The molecule has 0 radical (unpaired) electrons. The van der Waals surface area contributed by atoms with Crippen molar-refractivity contribution in [1.29, 1.82) is 0 Å². The molecule has 1 unspecified atom stereocenters. The minimum absolute atomic E-state index is 0.231. The number of aliphatic hydroxyl groups excluding tert-OH is 1. The van der Waals surface area contributed by atoms with E-state index in [9.17, 15) is 9.50 Å². The van der Waals surface area contributed by atoms with E-state index in [0.29, 0.717) is 26.2 Å².